The van der Waals surface area contributed by atoms with E-state index < -0.39 is 0 Å². The number of carbonyl (C=O) groups is 1. The fourth-order valence-electron chi connectivity index (χ4n) is 2.40. The molecule has 0 aliphatic heterocycles. The Kier molecular flexibility index (Phi) is 6.38. The minimum absolute atomic E-state index is 0.0702. The lowest BCUT2D eigenvalue weighted by atomic mass is 10.2. The number of nitrogens with zero attached hydrogens (tertiary/aromatic N) is 3. The molecule has 3 aromatic rings. The van der Waals surface area contributed by atoms with Gasteiger partial charge in [0.2, 0.25) is 5.88 Å². The topological polar surface area (TPSA) is 93.4 Å². The first-order chi connectivity index (χ1) is 13.0. The highest BCUT2D eigenvalue weighted by Crippen LogP contribution is 2.27. The normalized spacial score (nSPS) is 10.9. The number of hydrogen-bond acceptors (Lipinski definition) is 8. The van der Waals surface area contributed by atoms with E-state index in [4.69, 9.17) is 10.5 Å². The van der Waals surface area contributed by atoms with E-state index in [1.807, 2.05) is 43.1 Å². The molecule has 0 aliphatic carbocycles. The van der Waals surface area contributed by atoms with Gasteiger partial charge in [0.1, 0.15) is 0 Å². The molecule has 9 heteroatoms. The summed E-state index contributed by atoms with van der Waals surface area (Å²) in [5.74, 6) is 0.256. The number of rotatable bonds is 8. The minimum atomic E-state index is -0.192. The molecule has 142 valence electrons. The van der Waals surface area contributed by atoms with E-state index in [1.165, 1.54) is 11.3 Å². The number of anilines is 1. The second kappa shape index (κ2) is 8.94. The Labute approximate surface area is 165 Å². The number of nitrogens with one attached hydrogen (secondary N) is 1. The van der Waals surface area contributed by atoms with E-state index in [-0.39, 0.29) is 12.5 Å². The number of pyridine rings is 1. The molecule has 0 atom stereocenters. The van der Waals surface area contributed by atoms with E-state index in [2.05, 4.69) is 20.2 Å². The zero-order valence-electron chi connectivity index (χ0n) is 15.1. The molecule has 0 aromatic carbocycles. The van der Waals surface area contributed by atoms with Gasteiger partial charge in [-0.3, -0.25) is 4.79 Å². The monoisotopic (exact) mass is 403 g/mol. The Hall–Kier alpha value is -2.49. The summed E-state index contributed by atoms with van der Waals surface area (Å²) >= 11 is 2.98. The van der Waals surface area contributed by atoms with Crippen molar-refractivity contribution in [3.63, 3.8) is 0 Å². The number of aromatic nitrogens is 2. The molecule has 0 aliphatic rings. The number of thiophene rings is 1. The lowest BCUT2D eigenvalue weighted by Gasteiger charge is -2.11. The maximum absolute atomic E-state index is 12.0. The number of nitrogen functional groups attached to an aromatic ring is 1. The third-order valence-electron chi connectivity index (χ3n) is 3.58. The van der Waals surface area contributed by atoms with Crippen LogP contribution in [0.5, 0.6) is 5.88 Å². The van der Waals surface area contributed by atoms with Crippen LogP contribution in [0.15, 0.2) is 35.2 Å². The maximum atomic E-state index is 12.0. The number of ether oxygens (including phenoxy) is 1. The summed E-state index contributed by atoms with van der Waals surface area (Å²) in [6, 6.07) is 5.78. The first-order valence-electron chi connectivity index (χ1n) is 8.27. The van der Waals surface area contributed by atoms with Gasteiger partial charge in [-0.15, -0.1) is 22.7 Å². The van der Waals surface area contributed by atoms with E-state index in [0.29, 0.717) is 17.6 Å². The van der Waals surface area contributed by atoms with E-state index in [1.54, 1.807) is 17.5 Å². The highest BCUT2D eigenvalue weighted by molar-refractivity contribution is 7.14. The van der Waals surface area contributed by atoms with Gasteiger partial charge in [0, 0.05) is 40.0 Å². The number of carbonyl (C=O) groups excluding carboxylic acids is 1. The molecular weight excluding hydrogens is 382 g/mol. The molecule has 0 unspecified atom stereocenters. The van der Waals surface area contributed by atoms with Crippen molar-refractivity contribution in [2.75, 3.05) is 26.4 Å². The Morgan fingerprint density at radius 3 is 2.89 bits per heavy atom. The van der Waals surface area contributed by atoms with Crippen molar-refractivity contribution in [3.8, 4) is 17.1 Å². The molecule has 3 heterocycles. The lowest BCUT2D eigenvalue weighted by molar-refractivity contribution is -0.123. The largest absolute Gasteiger partial charge is 0.468 e. The number of amides is 1. The van der Waals surface area contributed by atoms with Crippen molar-refractivity contribution in [1.29, 1.82) is 0 Å². The van der Waals surface area contributed by atoms with E-state index >= 15 is 0 Å². The van der Waals surface area contributed by atoms with Gasteiger partial charge in [-0.2, -0.15) is 0 Å². The summed E-state index contributed by atoms with van der Waals surface area (Å²) in [6.45, 7) is 1.16. The van der Waals surface area contributed by atoms with Gasteiger partial charge < -0.3 is 20.7 Å². The first-order valence-corrected chi connectivity index (χ1v) is 10.0. The summed E-state index contributed by atoms with van der Waals surface area (Å²) in [5.41, 5.74) is 8.62. The third-order valence-corrected chi connectivity index (χ3v) is 5.19. The standard InChI is InChI=1S/C18H21N5O2S2/c1-23(2)8-12-3-4-20-17(5-12)25-9-16(24)21-7-14-6-13(10-26-14)15-11-27-18(19)22-15/h3-6,10-11H,7-9H2,1-2H3,(H2,19,22)(H,21,24). The smallest absolute Gasteiger partial charge is 0.258 e. The van der Waals surface area contributed by atoms with Crippen LogP contribution in [0.1, 0.15) is 10.4 Å². The average molecular weight is 404 g/mol. The van der Waals surface area contributed by atoms with Crippen LogP contribution in [0.25, 0.3) is 11.3 Å². The molecule has 27 heavy (non-hydrogen) atoms. The predicted molar refractivity (Wildman–Crippen MR) is 109 cm³/mol. The Balaban J connectivity index is 1.47. The molecular formula is C18H21N5O2S2. The van der Waals surface area contributed by atoms with Crippen molar-refractivity contribution in [2.24, 2.45) is 0 Å². The van der Waals surface area contributed by atoms with Crippen molar-refractivity contribution in [3.05, 3.63) is 45.6 Å². The zero-order valence-corrected chi connectivity index (χ0v) is 16.8. The number of nitrogens with two attached hydrogens (primary N) is 1. The first kappa shape index (κ1) is 19.3. The highest BCUT2D eigenvalue weighted by Gasteiger charge is 2.08. The van der Waals surface area contributed by atoms with Gasteiger partial charge in [-0.25, -0.2) is 9.97 Å². The average Bonchev–Trinajstić information content (AvgIpc) is 3.27. The Morgan fingerprint density at radius 2 is 2.15 bits per heavy atom. The Bertz CT molecular complexity index is 907. The van der Waals surface area contributed by atoms with Crippen LogP contribution in [-0.2, 0) is 17.9 Å². The van der Waals surface area contributed by atoms with Crippen LogP contribution in [0.3, 0.4) is 0 Å². The fraction of sp³-hybridized carbons (Fsp3) is 0.278. The summed E-state index contributed by atoms with van der Waals surface area (Å²) in [6.07, 6.45) is 1.68. The molecule has 0 fully saturated rings. The summed E-state index contributed by atoms with van der Waals surface area (Å²) in [7, 11) is 3.99. The maximum Gasteiger partial charge on any atom is 0.258 e. The van der Waals surface area contributed by atoms with Crippen molar-refractivity contribution >= 4 is 33.7 Å². The fourth-order valence-corrected chi connectivity index (χ4v) is 3.79. The van der Waals surface area contributed by atoms with Crippen molar-refractivity contribution in [2.45, 2.75) is 13.1 Å². The summed E-state index contributed by atoms with van der Waals surface area (Å²) in [5, 5.41) is 7.33. The molecule has 0 saturated heterocycles. The molecule has 7 nitrogen and oxygen atoms in total. The second-order valence-corrected chi connectivity index (χ2v) is 8.06. The molecule has 3 N–H and O–H groups in total. The van der Waals surface area contributed by atoms with Gasteiger partial charge in [0.15, 0.2) is 11.7 Å². The number of thiazole rings is 1. The number of hydrogen-bond donors (Lipinski definition) is 2. The van der Waals surface area contributed by atoms with Crippen molar-refractivity contribution in [1.82, 2.24) is 20.2 Å². The molecule has 3 rings (SSSR count). The summed E-state index contributed by atoms with van der Waals surface area (Å²) < 4.78 is 5.49. The summed E-state index contributed by atoms with van der Waals surface area (Å²) in [4.78, 5) is 23.5. The van der Waals surface area contributed by atoms with Crippen LogP contribution in [0.2, 0.25) is 0 Å². The third kappa shape index (κ3) is 5.75. The molecule has 0 bridgehead atoms. The van der Waals surface area contributed by atoms with E-state index in [0.717, 1.165) is 28.2 Å². The zero-order chi connectivity index (χ0) is 19.2. The van der Waals surface area contributed by atoms with E-state index in [9.17, 15) is 4.79 Å². The molecule has 0 saturated carbocycles. The van der Waals surface area contributed by atoms with Crippen LogP contribution in [0.4, 0.5) is 5.13 Å². The van der Waals surface area contributed by atoms with Gasteiger partial charge in [0.25, 0.3) is 5.91 Å². The van der Waals surface area contributed by atoms with Crippen LogP contribution >= 0.6 is 22.7 Å². The van der Waals surface area contributed by atoms with Crippen molar-refractivity contribution < 1.29 is 9.53 Å². The van der Waals surface area contributed by atoms with Gasteiger partial charge in [-0.1, -0.05) is 0 Å². The van der Waals surface area contributed by atoms with Crippen LogP contribution in [0, 0.1) is 0 Å². The molecule has 1 amide bonds. The second-order valence-electron chi connectivity index (χ2n) is 6.18. The molecule has 3 aromatic heterocycles. The van der Waals surface area contributed by atoms with Gasteiger partial charge >= 0.3 is 0 Å². The molecule has 0 spiro atoms. The predicted octanol–water partition coefficient (Wildman–Crippen LogP) is 2.61. The highest BCUT2D eigenvalue weighted by atomic mass is 32.1. The van der Waals surface area contributed by atoms with Crippen LogP contribution < -0.4 is 15.8 Å². The van der Waals surface area contributed by atoms with Gasteiger partial charge in [0.05, 0.1) is 12.2 Å². The quantitative estimate of drug-likeness (QED) is 0.601. The SMILES string of the molecule is CN(C)Cc1ccnc(OCC(=O)NCc2cc(-c3csc(N)n3)cs2)c1. The lowest BCUT2D eigenvalue weighted by Crippen LogP contribution is -2.28. The molecule has 0 radical (unpaired) electrons. The minimum Gasteiger partial charge on any atom is -0.468 e. The van der Waals surface area contributed by atoms with Crippen LogP contribution in [-0.4, -0.2) is 41.5 Å². The Morgan fingerprint density at radius 1 is 1.30 bits per heavy atom. The van der Waals surface area contributed by atoms with Gasteiger partial charge in [-0.05, 0) is 31.8 Å².